The highest BCUT2D eigenvalue weighted by molar-refractivity contribution is 7.89. The maximum absolute atomic E-state index is 12.5. The number of nitrogens with one attached hydrogen (secondary N) is 1. The lowest BCUT2D eigenvalue weighted by atomic mass is 10.1. The number of sulfonamides is 1. The number of aromatic nitrogens is 4. The van der Waals surface area contributed by atoms with Crippen molar-refractivity contribution < 1.29 is 13.2 Å². The summed E-state index contributed by atoms with van der Waals surface area (Å²) >= 11 is 0. The van der Waals surface area contributed by atoms with Gasteiger partial charge in [0.05, 0.1) is 17.7 Å². The lowest BCUT2D eigenvalue weighted by molar-refractivity contribution is 0.414. The highest BCUT2D eigenvalue weighted by atomic mass is 32.2. The summed E-state index contributed by atoms with van der Waals surface area (Å²) in [6, 6.07) is 13.9. The summed E-state index contributed by atoms with van der Waals surface area (Å²) in [6.07, 6.45) is 1.96. The third-order valence-electron chi connectivity index (χ3n) is 3.58. The van der Waals surface area contributed by atoms with E-state index in [1.165, 1.54) is 23.1 Å². The molecule has 0 saturated carbocycles. The molecule has 0 aliphatic carbocycles. The van der Waals surface area contributed by atoms with Crippen molar-refractivity contribution in [1.29, 1.82) is 0 Å². The van der Waals surface area contributed by atoms with Crippen LogP contribution in [0.3, 0.4) is 0 Å². The molecule has 0 saturated heterocycles. The minimum absolute atomic E-state index is 0.158. The summed E-state index contributed by atoms with van der Waals surface area (Å²) in [6.45, 7) is 0.282. The summed E-state index contributed by atoms with van der Waals surface area (Å²) in [5, 5.41) is 10.8. The average molecular weight is 359 g/mol. The first-order chi connectivity index (χ1) is 12.1. The van der Waals surface area contributed by atoms with Crippen molar-refractivity contribution in [1.82, 2.24) is 24.9 Å². The van der Waals surface area contributed by atoms with E-state index in [9.17, 15) is 8.42 Å². The van der Waals surface area contributed by atoms with Crippen LogP contribution < -0.4 is 9.46 Å². The number of tetrazole rings is 1. The van der Waals surface area contributed by atoms with Gasteiger partial charge in [-0.3, -0.25) is 0 Å². The topological polar surface area (TPSA) is 99.0 Å². The Labute approximate surface area is 145 Å². The van der Waals surface area contributed by atoms with E-state index < -0.39 is 10.0 Å². The number of hydrogen-bond acceptors (Lipinski definition) is 6. The van der Waals surface area contributed by atoms with Gasteiger partial charge in [-0.05, 0) is 52.7 Å². The van der Waals surface area contributed by atoms with Crippen molar-refractivity contribution >= 4 is 10.0 Å². The van der Waals surface area contributed by atoms with Crippen molar-refractivity contribution in [2.45, 2.75) is 11.3 Å². The van der Waals surface area contributed by atoms with Gasteiger partial charge in [-0.15, -0.1) is 5.10 Å². The molecule has 2 aromatic carbocycles. The fourth-order valence-corrected chi connectivity index (χ4v) is 3.38. The number of hydrogen-bond donors (Lipinski definition) is 1. The summed E-state index contributed by atoms with van der Waals surface area (Å²) in [5.41, 5.74) is 1.56. The third-order valence-corrected chi connectivity index (χ3v) is 5.04. The highest BCUT2D eigenvalue weighted by Crippen LogP contribution is 2.15. The van der Waals surface area contributed by atoms with Gasteiger partial charge < -0.3 is 4.74 Å². The van der Waals surface area contributed by atoms with Gasteiger partial charge in [-0.2, -0.15) is 0 Å². The maximum Gasteiger partial charge on any atom is 0.240 e. The third kappa shape index (κ3) is 4.20. The largest absolute Gasteiger partial charge is 0.497 e. The van der Waals surface area contributed by atoms with Gasteiger partial charge in [0.2, 0.25) is 10.0 Å². The fourth-order valence-electron chi connectivity index (χ4n) is 2.31. The van der Waals surface area contributed by atoms with Crippen LogP contribution in [0, 0.1) is 0 Å². The van der Waals surface area contributed by atoms with Crippen LogP contribution in [0.4, 0.5) is 0 Å². The molecule has 0 aliphatic rings. The van der Waals surface area contributed by atoms with E-state index in [1.807, 2.05) is 24.3 Å². The Hall–Kier alpha value is -2.78. The minimum Gasteiger partial charge on any atom is -0.497 e. The quantitative estimate of drug-likeness (QED) is 0.680. The molecule has 9 heteroatoms. The van der Waals surface area contributed by atoms with Gasteiger partial charge in [0, 0.05) is 6.54 Å². The zero-order valence-corrected chi connectivity index (χ0v) is 14.3. The first-order valence-corrected chi connectivity index (χ1v) is 9.03. The smallest absolute Gasteiger partial charge is 0.240 e. The van der Waals surface area contributed by atoms with Crippen molar-refractivity contribution in [3.05, 3.63) is 60.4 Å². The molecule has 8 nitrogen and oxygen atoms in total. The highest BCUT2D eigenvalue weighted by Gasteiger charge is 2.14. The van der Waals surface area contributed by atoms with E-state index >= 15 is 0 Å². The van der Waals surface area contributed by atoms with Crippen molar-refractivity contribution in [2.24, 2.45) is 0 Å². The van der Waals surface area contributed by atoms with Crippen molar-refractivity contribution in [3.8, 4) is 11.4 Å². The van der Waals surface area contributed by atoms with Crippen molar-refractivity contribution in [3.63, 3.8) is 0 Å². The van der Waals surface area contributed by atoms with Gasteiger partial charge in [0.15, 0.2) is 0 Å². The summed E-state index contributed by atoms with van der Waals surface area (Å²) in [5.74, 6) is 0.745. The molecule has 1 N–H and O–H groups in total. The maximum atomic E-state index is 12.5. The average Bonchev–Trinajstić information content (AvgIpc) is 3.17. The van der Waals surface area contributed by atoms with E-state index in [4.69, 9.17) is 4.74 Å². The second kappa shape index (κ2) is 7.41. The molecule has 0 spiro atoms. The lowest BCUT2D eigenvalue weighted by Gasteiger charge is -2.09. The molecule has 3 aromatic rings. The molecule has 0 aliphatic heterocycles. The van der Waals surface area contributed by atoms with Gasteiger partial charge >= 0.3 is 0 Å². The Morgan fingerprint density at radius 2 is 2.00 bits per heavy atom. The Kier molecular flexibility index (Phi) is 5.05. The van der Waals surface area contributed by atoms with E-state index in [0.29, 0.717) is 12.1 Å². The summed E-state index contributed by atoms with van der Waals surface area (Å²) < 4.78 is 34.1. The summed E-state index contributed by atoms with van der Waals surface area (Å²) in [4.78, 5) is 0.158. The zero-order chi connectivity index (χ0) is 17.7. The monoisotopic (exact) mass is 359 g/mol. The van der Waals surface area contributed by atoms with Crippen LogP contribution in [0.2, 0.25) is 0 Å². The predicted octanol–water partition coefficient (Wildman–Crippen LogP) is 1.19. The van der Waals surface area contributed by atoms with Crippen molar-refractivity contribution in [2.75, 3.05) is 13.7 Å². The van der Waals surface area contributed by atoms with Gasteiger partial charge in [-0.25, -0.2) is 17.8 Å². The molecule has 0 bridgehead atoms. The first-order valence-electron chi connectivity index (χ1n) is 7.54. The van der Waals surface area contributed by atoms with Crippen LogP contribution in [-0.2, 0) is 16.4 Å². The SMILES string of the molecule is COc1cccc(CCNS(=O)(=O)c2cccc(-n3cnnn3)c2)c1. The molecule has 3 rings (SSSR count). The van der Waals surface area contributed by atoms with Crippen LogP contribution in [0.15, 0.2) is 59.8 Å². The van der Waals surface area contributed by atoms with Crippen LogP contribution in [0.25, 0.3) is 5.69 Å². The molecular formula is C16H17N5O3S. The predicted molar refractivity (Wildman–Crippen MR) is 91.0 cm³/mol. The number of ether oxygens (including phenoxy) is 1. The molecular weight excluding hydrogens is 342 g/mol. The molecule has 1 aromatic heterocycles. The molecule has 0 unspecified atom stereocenters. The van der Waals surface area contributed by atoms with Gasteiger partial charge in [0.25, 0.3) is 0 Å². The fraction of sp³-hybridized carbons (Fsp3) is 0.188. The molecule has 0 fully saturated rings. The van der Waals surface area contributed by atoms with E-state index in [1.54, 1.807) is 19.2 Å². The van der Waals surface area contributed by atoms with E-state index in [2.05, 4.69) is 20.2 Å². The Morgan fingerprint density at radius 3 is 2.76 bits per heavy atom. The number of benzene rings is 2. The standard InChI is InChI=1S/C16H17N5O3S/c1-24-15-6-2-4-13(10-15)8-9-18-25(22,23)16-7-3-5-14(11-16)21-12-17-19-20-21/h2-7,10-12,18H,8-9H2,1H3. The molecule has 0 atom stereocenters. The molecule has 0 amide bonds. The Morgan fingerprint density at radius 1 is 1.16 bits per heavy atom. The first kappa shape index (κ1) is 17.1. The molecule has 1 heterocycles. The lowest BCUT2D eigenvalue weighted by Crippen LogP contribution is -2.26. The number of nitrogens with zero attached hydrogens (tertiary/aromatic N) is 4. The van der Waals surface area contributed by atoms with E-state index in [0.717, 1.165) is 11.3 Å². The second-order valence-electron chi connectivity index (χ2n) is 5.25. The number of rotatable bonds is 7. The second-order valence-corrected chi connectivity index (χ2v) is 7.02. The van der Waals surface area contributed by atoms with Crippen LogP contribution in [-0.4, -0.2) is 42.3 Å². The normalized spacial score (nSPS) is 11.4. The molecule has 25 heavy (non-hydrogen) atoms. The minimum atomic E-state index is -3.62. The molecule has 0 radical (unpaired) electrons. The molecule has 130 valence electrons. The Bertz CT molecular complexity index is 942. The van der Waals surface area contributed by atoms with Crippen LogP contribution in [0.5, 0.6) is 5.75 Å². The van der Waals surface area contributed by atoms with E-state index in [-0.39, 0.29) is 11.4 Å². The Balaban J connectivity index is 1.68. The van der Waals surface area contributed by atoms with Crippen LogP contribution >= 0.6 is 0 Å². The van der Waals surface area contributed by atoms with Gasteiger partial charge in [-0.1, -0.05) is 18.2 Å². The van der Waals surface area contributed by atoms with Gasteiger partial charge in [0.1, 0.15) is 12.1 Å². The number of methoxy groups -OCH3 is 1. The van der Waals surface area contributed by atoms with Crippen LogP contribution in [0.1, 0.15) is 5.56 Å². The summed E-state index contributed by atoms with van der Waals surface area (Å²) in [7, 11) is -2.03. The zero-order valence-electron chi connectivity index (χ0n) is 13.5.